The zero-order valence-electron chi connectivity index (χ0n) is 15.3. The first-order valence-electron chi connectivity index (χ1n) is 8.82. The van der Waals surface area contributed by atoms with Gasteiger partial charge in [-0.25, -0.2) is 0 Å². The van der Waals surface area contributed by atoms with Gasteiger partial charge in [0.2, 0.25) is 18.5 Å². The number of hydrogen-bond donors (Lipinski definition) is 1. The number of hydrogen-bond acceptors (Lipinski definition) is 6. The lowest BCUT2D eigenvalue weighted by atomic mass is 10.0. The Labute approximate surface area is 166 Å². The minimum absolute atomic E-state index is 0.0245. The normalized spacial score (nSPS) is 13.6. The van der Waals surface area contributed by atoms with E-state index in [2.05, 4.69) is 15.5 Å². The Morgan fingerprint density at radius 3 is 2.71 bits per heavy atom. The average molecular weight is 400 g/mol. The highest BCUT2D eigenvalue weighted by Gasteiger charge is 2.26. The Kier molecular flexibility index (Phi) is 4.92. The third kappa shape index (κ3) is 3.53. The molecule has 1 atom stereocenters. The first kappa shape index (κ1) is 18.3. The maximum atomic E-state index is 12.6. The van der Waals surface area contributed by atoms with Crippen LogP contribution in [0.25, 0.3) is 11.4 Å². The van der Waals surface area contributed by atoms with E-state index in [4.69, 9.17) is 25.6 Å². The number of amides is 1. The van der Waals surface area contributed by atoms with Crippen molar-refractivity contribution in [2.45, 2.75) is 19.9 Å². The number of halogens is 1. The number of rotatable bonds is 5. The number of ether oxygens (including phenoxy) is 2. The molecule has 0 bridgehead atoms. The Hall–Kier alpha value is -3.06. The van der Waals surface area contributed by atoms with Crippen molar-refractivity contribution < 1.29 is 18.8 Å². The van der Waals surface area contributed by atoms with Crippen molar-refractivity contribution in [3.63, 3.8) is 0 Å². The molecule has 0 radical (unpaired) electrons. The number of benzene rings is 2. The molecule has 0 spiro atoms. The molecule has 3 aromatic rings. The van der Waals surface area contributed by atoms with E-state index < -0.39 is 6.04 Å². The van der Waals surface area contributed by atoms with E-state index >= 15 is 0 Å². The summed E-state index contributed by atoms with van der Waals surface area (Å²) in [5.74, 6) is 1.77. The van der Waals surface area contributed by atoms with Crippen molar-refractivity contribution in [1.82, 2.24) is 15.5 Å². The van der Waals surface area contributed by atoms with Crippen molar-refractivity contribution in [2.24, 2.45) is 5.92 Å². The summed E-state index contributed by atoms with van der Waals surface area (Å²) < 4.78 is 16.2. The maximum absolute atomic E-state index is 12.6. The van der Waals surface area contributed by atoms with Crippen molar-refractivity contribution >= 4 is 17.5 Å². The first-order chi connectivity index (χ1) is 13.5. The van der Waals surface area contributed by atoms with Gasteiger partial charge in [0, 0.05) is 5.56 Å². The minimum atomic E-state index is -0.459. The van der Waals surface area contributed by atoms with Crippen LogP contribution in [0.15, 0.2) is 47.0 Å². The van der Waals surface area contributed by atoms with Crippen molar-refractivity contribution in [2.75, 3.05) is 6.79 Å². The van der Waals surface area contributed by atoms with Crippen LogP contribution in [0, 0.1) is 5.92 Å². The van der Waals surface area contributed by atoms with E-state index in [-0.39, 0.29) is 18.6 Å². The number of aromatic nitrogens is 2. The third-order valence-electron chi connectivity index (χ3n) is 4.41. The van der Waals surface area contributed by atoms with Crippen LogP contribution in [0.1, 0.15) is 36.1 Å². The van der Waals surface area contributed by atoms with E-state index in [1.54, 1.807) is 36.4 Å². The van der Waals surface area contributed by atoms with E-state index in [1.807, 2.05) is 19.9 Å². The third-order valence-corrected chi connectivity index (χ3v) is 4.74. The maximum Gasteiger partial charge on any atom is 0.253 e. The smallest absolute Gasteiger partial charge is 0.253 e. The predicted molar refractivity (Wildman–Crippen MR) is 102 cm³/mol. The average Bonchev–Trinajstić information content (AvgIpc) is 3.34. The molecule has 144 valence electrons. The summed E-state index contributed by atoms with van der Waals surface area (Å²) in [6.45, 7) is 4.11. The summed E-state index contributed by atoms with van der Waals surface area (Å²) in [5, 5.41) is 7.37. The predicted octanol–water partition coefficient (Wildman–Crippen LogP) is 4.25. The minimum Gasteiger partial charge on any atom is -0.454 e. The summed E-state index contributed by atoms with van der Waals surface area (Å²) in [4.78, 5) is 17.1. The van der Waals surface area contributed by atoms with E-state index in [1.165, 1.54) is 0 Å². The van der Waals surface area contributed by atoms with E-state index in [0.717, 1.165) is 5.56 Å². The molecular weight excluding hydrogens is 382 g/mol. The zero-order chi connectivity index (χ0) is 19.7. The van der Waals surface area contributed by atoms with Gasteiger partial charge in [-0.3, -0.25) is 4.79 Å². The molecule has 8 heteroatoms. The van der Waals surface area contributed by atoms with Gasteiger partial charge in [0.15, 0.2) is 11.5 Å². The zero-order valence-corrected chi connectivity index (χ0v) is 16.1. The summed E-state index contributed by atoms with van der Waals surface area (Å²) in [7, 11) is 0. The van der Waals surface area contributed by atoms with Crippen molar-refractivity contribution in [3.05, 3.63) is 58.9 Å². The van der Waals surface area contributed by atoms with E-state index in [9.17, 15) is 4.79 Å². The van der Waals surface area contributed by atoms with Gasteiger partial charge in [-0.1, -0.05) is 42.7 Å². The number of nitrogens with zero attached hydrogens (tertiary/aromatic N) is 2. The number of carbonyl (C=O) groups is 1. The lowest BCUT2D eigenvalue weighted by molar-refractivity contribution is 0.0914. The lowest BCUT2D eigenvalue weighted by Crippen LogP contribution is -2.32. The summed E-state index contributed by atoms with van der Waals surface area (Å²) in [6.07, 6.45) is 0. The molecular formula is C20H18ClN3O4. The molecule has 4 rings (SSSR count). The fourth-order valence-corrected chi connectivity index (χ4v) is 3.11. The molecule has 1 aliphatic rings. The first-order valence-corrected chi connectivity index (χ1v) is 9.19. The van der Waals surface area contributed by atoms with Crippen molar-refractivity contribution in [1.29, 1.82) is 0 Å². The second-order valence-corrected chi connectivity index (χ2v) is 7.11. The summed E-state index contributed by atoms with van der Waals surface area (Å²) in [6, 6.07) is 11.8. The van der Waals surface area contributed by atoms with Crippen LogP contribution in [0.4, 0.5) is 0 Å². The second kappa shape index (κ2) is 7.52. The Bertz CT molecular complexity index is 1020. The molecule has 28 heavy (non-hydrogen) atoms. The van der Waals surface area contributed by atoms with Crippen LogP contribution in [-0.2, 0) is 0 Å². The van der Waals surface area contributed by atoms with Gasteiger partial charge in [-0.05, 0) is 36.2 Å². The molecule has 1 aromatic heterocycles. The van der Waals surface area contributed by atoms with Gasteiger partial charge in [0.1, 0.15) is 6.04 Å². The highest BCUT2D eigenvalue weighted by molar-refractivity contribution is 6.33. The topological polar surface area (TPSA) is 86.5 Å². The van der Waals surface area contributed by atoms with Gasteiger partial charge in [0.25, 0.3) is 5.91 Å². The number of nitrogens with one attached hydrogen (secondary N) is 1. The van der Waals surface area contributed by atoms with Gasteiger partial charge >= 0.3 is 0 Å². The monoisotopic (exact) mass is 399 g/mol. The fraction of sp³-hybridized carbons (Fsp3) is 0.250. The lowest BCUT2D eigenvalue weighted by Gasteiger charge is -2.18. The molecule has 2 aromatic carbocycles. The molecule has 0 saturated carbocycles. The second-order valence-electron chi connectivity index (χ2n) is 6.70. The van der Waals surface area contributed by atoms with Crippen LogP contribution < -0.4 is 14.8 Å². The highest BCUT2D eigenvalue weighted by atomic mass is 35.5. The molecule has 0 fully saturated rings. The summed E-state index contributed by atoms with van der Waals surface area (Å²) in [5.41, 5.74) is 1.13. The van der Waals surface area contributed by atoms with Gasteiger partial charge in [0.05, 0.1) is 10.6 Å². The highest BCUT2D eigenvalue weighted by Crippen LogP contribution is 2.35. The van der Waals surface area contributed by atoms with Crippen LogP contribution in [0.2, 0.25) is 5.02 Å². The molecule has 0 saturated heterocycles. The van der Waals surface area contributed by atoms with Crippen LogP contribution >= 0.6 is 11.6 Å². The summed E-state index contributed by atoms with van der Waals surface area (Å²) >= 11 is 6.12. The molecule has 2 heterocycles. The number of fused-ring (bicyclic) bond motifs is 1. The molecule has 0 aliphatic carbocycles. The van der Waals surface area contributed by atoms with Crippen LogP contribution in [0.5, 0.6) is 11.5 Å². The molecule has 1 amide bonds. The van der Waals surface area contributed by atoms with Crippen molar-refractivity contribution in [3.8, 4) is 22.9 Å². The fourth-order valence-electron chi connectivity index (χ4n) is 2.89. The Balaban J connectivity index is 1.58. The van der Waals surface area contributed by atoms with Gasteiger partial charge < -0.3 is 19.3 Å². The Morgan fingerprint density at radius 1 is 1.14 bits per heavy atom. The molecule has 0 unspecified atom stereocenters. The molecule has 1 N–H and O–H groups in total. The molecule has 7 nitrogen and oxygen atoms in total. The van der Waals surface area contributed by atoms with E-state index in [0.29, 0.717) is 33.8 Å². The Morgan fingerprint density at radius 2 is 1.93 bits per heavy atom. The number of carbonyl (C=O) groups excluding carboxylic acids is 1. The van der Waals surface area contributed by atoms with Gasteiger partial charge in [-0.2, -0.15) is 4.98 Å². The largest absolute Gasteiger partial charge is 0.454 e. The van der Waals surface area contributed by atoms with Crippen LogP contribution in [0.3, 0.4) is 0 Å². The quantitative estimate of drug-likeness (QED) is 0.690. The van der Waals surface area contributed by atoms with Gasteiger partial charge in [-0.15, -0.1) is 0 Å². The standard InChI is InChI=1S/C20H18ClN3O4/c1-11(2)17(22-19(25)13-5-3-4-6-14(13)21)20-23-18(24-28-20)12-7-8-15-16(9-12)27-10-26-15/h3-9,11,17H,10H2,1-2H3,(H,22,25)/t17-/m0/s1. The molecule has 1 aliphatic heterocycles. The SMILES string of the molecule is CC(C)[C@H](NC(=O)c1ccccc1Cl)c1nc(-c2ccc3c(c2)OCO3)no1. The van der Waals surface area contributed by atoms with Crippen LogP contribution in [-0.4, -0.2) is 22.8 Å².